The molecule has 0 N–H and O–H groups in total. The standard InChI is InChI=1S/C36H32O6/c1-17-7-5-9-24-22(12-14-26-30(24)34(40)32(38)28-20(4)16-42-36(26)28)18(2)8-6-10-23-21(17)11-13-25-29(23)33(39)31(37)27-19(3)15-41-35(25)27/h8,11-14,19-20H,1,5-7,9-10,15-16H2,2-4H3/b18-8+. The van der Waals surface area contributed by atoms with Crippen LogP contribution in [0.4, 0.5) is 0 Å². The zero-order valence-corrected chi connectivity index (χ0v) is 24.1. The molecular weight excluding hydrogens is 528 g/mol. The molecular formula is C36H32O6. The van der Waals surface area contributed by atoms with Crippen LogP contribution in [0, 0.1) is 11.8 Å². The molecule has 42 heavy (non-hydrogen) atoms. The predicted molar refractivity (Wildman–Crippen MR) is 160 cm³/mol. The molecule has 6 heteroatoms. The van der Waals surface area contributed by atoms with E-state index in [0.29, 0.717) is 90.2 Å². The lowest BCUT2D eigenvalue weighted by Gasteiger charge is -2.24. The van der Waals surface area contributed by atoms with Gasteiger partial charge in [0.1, 0.15) is 11.5 Å². The fourth-order valence-corrected chi connectivity index (χ4v) is 7.33. The van der Waals surface area contributed by atoms with Gasteiger partial charge in [0.2, 0.25) is 23.1 Å². The van der Waals surface area contributed by atoms with Crippen molar-refractivity contribution in [3.63, 3.8) is 0 Å². The summed E-state index contributed by atoms with van der Waals surface area (Å²) < 4.78 is 11.9. The third kappa shape index (κ3) is 3.70. The number of ether oxygens (including phenoxy) is 2. The molecule has 2 unspecified atom stereocenters. The number of fused-ring (bicyclic) bond motifs is 8. The molecule has 0 bridgehead atoms. The van der Waals surface area contributed by atoms with Crippen LogP contribution in [0.25, 0.3) is 22.7 Å². The second-order valence-corrected chi connectivity index (χ2v) is 12.1. The van der Waals surface area contributed by atoms with Crippen molar-refractivity contribution < 1.29 is 28.7 Å². The van der Waals surface area contributed by atoms with Crippen molar-refractivity contribution in [1.29, 1.82) is 0 Å². The van der Waals surface area contributed by atoms with E-state index in [2.05, 4.69) is 12.7 Å². The minimum Gasteiger partial charge on any atom is -0.492 e. The maximum absolute atomic E-state index is 13.5. The van der Waals surface area contributed by atoms with Crippen LogP contribution in [0.3, 0.4) is 0 Å². The van der Waals surface area contributed by atoms with Gasteiger partial charge < -0.3 is 9.47 Å². The number of rotatable bonds is 0. The molecule has 212 valence electrons. The van der Waals surface area contributed by atoms with E-state index in [0.717, 1.165) is 33.4 Å². The first-order chi connectivity index (χ1) is 20.2. The Labute approximate surface area is 244 Å². The number of hydrogen-bond acceptors (Lipinski definition) is 6. The smallest absolute Gasteiger partial charge is 0.234 e. The molecule has 2 aliphatic heterocycles. The molecule has 2 heterocycles. The SMILES string of the molecule is C=C1CCCc2c(ccc3c2C(=O)C(=O)C2=C3OCC2C)/C(C)=C/CCc2c1ccc1c2C(=O)C(=O)C2=C1OCC2C. The quantitative estimate of drug-likeness (QED) is 0.349. The van der Waals surface area contributed by atoms with Gasteiger partial charge in [0, 0.05) is 34.1 Å². The highest BCUT2D eigenvalue weighted by Gasteiger charge is 2.43. The summed E-state index contributed by atoms with van der Waals surface area (Å²) in [6.07, 6.45) is 5.18. The molecule has 0 amide bonds. The average Bonchev–Trinajstić information content (AvgIpc) is 3.56. The topological polar surface area (TPSA) is 86.7 Å². The van der Waals surface area contributed by atoms with Crippen molar-refractivity contribution in [3.05, 3.63) is 92.6 Å². The van der Waals surface area contributed by atoms with Crippen molar-refractivity contribution >= 4 is 45.8 Å². The summed E-state index contributed by atoms with van der Waals surface area (Å²) in [7, 11) is 0. The number of carbonyl (C=O) groups is 4. The normalized spacial score (nSPS) is 24.7. The molecule has 0 aromatic heterocycles. The lowest BCUT2D eigenvalue weighted by atomic mass is 9.77. The van der Waals surface area contributed by atoms with Gasteiger partial charge in [-0.3, -0.25) is 19.2 Å². The van der Waals surface area contributed by atoms with E-state index >= 15 is 0 Å². The van der Waals surface area contributed by atoms with E-state index in [1.807, 2.05) is 45.0 Å². The Bertz CT molecular complexity index is 1780. The van der Waals surface area contributed by atoms with Crippen LogP contribution in [0.5, 0.6) is 0 Å². The van der Waals surface area contributed by atoms with Gasteiger partial charge in [0.15, 0.2) is 0 Å². The number of hydrogen-bond donors (Lipinski definition) is 0. The Morgan fingerprint density at radius 1 is 0.667 bits per heavy atom. The maximum atomic E-state index is 13.5. The zero-order chi connectivity index (χ0) is 29.4. The fourth-order valence-electron chi connectivity index (χ4n) is 7.33. The van der Waals surface area contributed by atoms with E-state index in [-0.39, 0.29) is 11.8 Å². The molecule has 0 radical (unpaired) electrons. The number of allylic oxidation sites excluding steroid dienone is 3. The summed E-state index contributed by atoms with van der Waals surface area (Å²) in [5, 5.41) is 0. The molecule has 0 spiro atoms. The second kappa shape index (κ2) is 9.62. The Kier molecular flexibility index (Phi) is 6.08. The van der Waals surface area contributed by atoms with Crippen molar-refractivity contribution in [2.45, 2.75) is 52.9 Å². The van der Waals surface area contributed by atoms with Gasteiger partial charge in [-0.2, -0.15) is 0 Å². The Morgan fingerprint density at radius 2 is 1.17 bits per heavy atom. The Morgan fingerprint density at radius 3 is 1.74 bits per heavy atom. The fraction of sp³-hybridized carbons (Fsp3) is 0.333. The van der Waals surface area contributed by atoms with Crippen LogP contribution in [0.15, 0.2) is 48.1 Å². The van der Waals surface area contributed by atoms with Gasteiger partial charge in [-0.1, -0.05) is 38.6 Å². The van der Waals surface area contributed by atoms with E-state index in [9.17, 15) is 19.2 Å². The van der Waals surface area contributed by atoms with Crippen LogP contribution in [0.1, 0.15) is 94.1 Å². The summed E-state index contributed by atoms with van der Waals surface area (Å²) >= 11 is 0. The highest BCUT2D eigenvalue weighted by atomic mass is 16.5. The average molecular weight is 561 g/mol. The van der Waals surface area contributed by atoms with Gasteiger partial charge >= 0.3 is 0 Å². The summed E-state index contributed by atoms with van der Waals surface area (Å²) in [4.78, 5) is 53.4. The predicted octanol–water partition coefficient (Wildman–Crippen LogP) is 6.36. The summed E-state index contributed by atoms with van der Waals surface area (Å²) in [5.74, 6) is -0.935. The number of Topliss-reactive ketones (excluding diaryl/α,β-unsaturated/α-hetero) is 4. The second-order valence-electron chi connectivity index (χ2n) is 12.1. The summed E-state index contributed by atoms with van der Waals surface area (Å²) in [5.41, 5.74) is 8.75. The van der Waals surface area contributed by atoms with E-state index in [1.54, 1.807) is 0 Å². The van der Waals surface area contributed by atoms with Crippen molar-refractivity contribution in [2.75, 3.05) is 13.2 Å². The van der Waals surface area contributed by atoms with E-state index < -0.39 is 23.1 Å². The number of ketones is 4. The van der Waals surface area contributed by atoms with Crippen molar-refractivity contribution in [2.24, 2.45) is 11.8 Å². The lowest BCUT2D eigenvalue weighted by Crippen LogP contribution is -2.27. The van der Waals surface area contributed by atoms with Crippen LogP contribution < -0.4 is 0 Å². The van der Waals surface area contributed by atoms with Crippen molar-refractivity contribution in [1.82, 2.24) is 0 Å². The van der Waals surface area contributed by atoms with Gasteiger partial charge in [-0.25, -0.2) is 0 Å². The van der Waals surface area contributed by atoms with Gasteiger partial charge in [-0.15, -0.1) is 0 Å². The largest absolute Gasteiger partial charge is 0.492 e. The summed E-state index contributed by atoms with van der Waals surface area (Å²) in [6.45, 7) is 11.0. The molecule has 6 nitrogen and oxygen atoms in total. The highest BCUT2D eigenvalue weighted by molar-refractivity contribution is 6.53. The zero-order valence-electron chi connectivity index (χ0n) is 24.1. The first-order valence-corrected chi connectivity index (χ1v) is 14.8. The van der Waals surface area contributed by atoms with Gasteiger partial charge in [0.05, 0.1) is 24.4 Å². The van der Waals surface area contributed by atoms with Crippen LogP contribution in [-0.2, 0) is 31.9 Å². The highest BCUT2D eigenvalue weighted by Crippen LogP contribution is 2.44. The maximum Gasteiger partial charge on any atom is 0.234 e. The number of benzene rings is 2. The van der Waals surface area contributed by atoms with Gasteiger partial charge in [-0.05, 0) is 84.6 Å². The summed E-state index contributed by atoms with van der Waals surface area (Å²) in [6, 6.07) is 7.85. The van der Waals surface area contributed by atoms with Crippen molar-refractivity contribution in [3.8, 4) is 0 Å². The third-order valence-electron chi connectivity index (χ3n) is 9.46. The molecule has 2 atom stereocenters. The molecule has 0 saturated carbocycles. The molecule has 5 aliphatic rings. The lowest BCUT2D eigenvalue weighted by molar-refractivity contribution is -0.112. The first kappa shape index (κ1) is 26.6. The minimum atomic E-state index is -0.462. The molecule has 0 fully saturated rings. The van der Waals surface area contributed by atoms with E-state index in [1.165, 1.54) is 0 Å². The molecule has 7 rings (SSSR count). The molecule has 0 saturated heterocycles. The third-order valence-corrected chi connectivity index (χ3v) is 9.46. The van der Waals surface area contributed by atoms with Crippen LogP contribution >= 0.6 is 0 Å². The Balaban J connectivity index is 1.33. The number of carbonyl (C=O) groups excluding carboxylic acids is 4. The van der Waals surface area contributed by atoms with E-state index in [4.69, 9.17) is 9.47 Å². The molecule has 2 aromatic carbocycles. The monoisotopic (exact) mass is 560 g/mol. The van der Waals surface area contributed by atoms with Crippen LogP contribution in [0.2, 0.25) is 0 Å². The first-order valence-electron chi connectivity index (χ1n) is 14.8. The van der Waals surface area contributed by atoms with Gasteiger partial charge in [0.25, 0.3) is 0 Å². The Hall–Kier alpha value is -4.32. The van der Waals surface area contributed by atoms with Crippen LogP contribution in [-0.4, -0.2) is 36.3 Å². The molecule has 2 aromatic rings. The minimum absolute atomic E-state index is 0.102. The molecule has 3 aliphatic carbocycles.